The third-order valence-corrected chi connectivity index (χ3v) is 1.82. The average molecular weight is 206 g/mol. The van der Waals surface area contributed by atoms with Crippen molar-refractivity contribution < 1.29 is 14.3 Å². The molecule has 0 bridgehead atoms. The summed E-state index contributed by atoms with van der Waals surface area (Å²) >= 11 is 0. The van der Waals surface area contributed by atoms with Crippen molar-refractivity contribution in [3.8, 4) is 0 Å². The second-order valence-corrected chi connectivity index (χ2v) is 3.40. The third-order valence-electron chi connectivity index (χ3n) is 1.82. The highest BCUT2D eigenvalue weighted by atomic mass is 16.5. The number of ether oxygens (including phenoxy) is 1. The summed E-state index contributed by atoms with van der Waals surface area (Å²) in [6, 6.07) is 9.60. The van der Waals surface area contributed by atoms with Crippen LogP contribution in [0.4, 0.5) is 0 Å². The lowest BCUT2D eigenvalue weighted by Gasteiger charge is -2.02. The molecule has 0 fully saturated rings. The number of ketones is 2. The fraction of sp³-hybridized carbons (Fsp3) is 0.333. The van der Waals surface area contributed by atoms with Crippen molar-refractivity contribution in [2.75, 3.05) is 6.61 Å². The molecule has 1 rings (SSSR count). The predicted molar refractivity (Wildman–Crippen MR) is 56.4 cm³/mol. The van der Waals surface area contributed by atoms with Crippen molar-refractivity contribution in [3.63, 3.8) is 0 Å². The molecular formula is C12H14O3. The van der Waals surface area contributed by atoms with Gasteiger partial charge in [0.05, 0.1) is 13.0 Å². The molecule has 80 valence electrons. The number of carbonyl (C=O) groups is 2. The minimum atomic E-state index is -0.168. The Kier molecular flexibility index (Phi) is 4.71. The Morgan fingerprint density at radius 2 is 1.87 bits per heavy atom. The molecule has 0 aliphatic rings. The number of carbonyl (C=O) groups excluding carboxylic acids is 2. The van der Waals surface area contributed by atoms with Crippen LogP contribution in [0.15, 0.2) is 30.3 Å². The first-order valence-electron chi connectivity index (χ1n) is 4.81. The summed E-state index contributed by atoms with van der Waals surface area (Å²) in [5, 5.41) is 0. The number of rotatable bonds is 6. The molecule has 0 aliphatic heterocycles. The molecule has 0 heterocycles. The molecule has 0 atom stereocenters. The Morgan fingerprint density at radius 3 is 2.47 bits per heavy atom. The fourth-order valence-corrected chi connectivity index (χ4v) is 1.19. The van der Waals surface area contributed by atoms with Gasteiger partial charge in [-0.15, -0.1) is 0 Å². The summed E-state index contributed by atoms with van der Waals surface area (Å²) in [4.78, 5) is 21.7. The van der Waals surface area contributed by atoms with Crippen LogP contribution < -0.4 is 0 Å². The van der Waals surface area contributed by atoms with Crippen LogP contribution in [0.2, 0.25) is 0 Å². The highest BCUT2D eigenvalue weighted by molar-refractivity contribution is 5.98. The fourth-order valence-electron chi connectivity index (χ4n) is 1.19. The molecule has 0 unspecified atom stereocenters. The van der Waals surface area contributed by atoms with E-state index < -0.39 is 0 Å². The van der Waals surface area contributed by atoms with E-state index in [0.29, 0.717) is 6.61 Å². The second kappa shape index (κ2) is 6.09. The molecule has 0 radical (unpaired) electrons. The van der Waals surface area contributed by atoms with Crippen LogP contribution in [-0.4, -0.2) is 18.2 Å². The van der Waals surface area contributed by atoms with E-state index in [1.54, 1.807) is 0 Å². The lowest BCUT2D eigenvalue weighted by atomic mass is 10.2. The van der Waals surface area contributed by atoms with Gasteiger partial charge in [0.1, 0.15) is 12.4 Å². The van der Waals surface area contributed by atoms with Gasteiger partial charge >= 0.3 is 0 Å². The highest BCUT2D eigenvalue weighted by Gasteiger charge is 2.04. The number of hydrogen-bond donors (Lipinski definition) is 0. The molecule has 0 amide bonds. The van der Waals surface area contributed by atoms with Crippen LogP contribution in [0.5, 0.6) is 0 Å². The maximum atomic E-state index is 11.1. The van der Waals surface area contributed by atoms with E-state index in [2.05, 4.69) is 0 Å². The van der Waals surface area contributed by atoms with E-state index in [1.165, 1.54) is 6.92 Å². The second-order valence-electron chi connectivity index (χ2n) is 3.40. The molecule has 3 heteroatoms. The number of hydrogen-bond acceptors (Lipinski definition) is 3. The van der Waals surface area contributed by atoms with Crippen LogP contribution in [0.1, 0.15) is 18.9 Å². The van der Waals surface area contributed by atoms with Crippen molar-refractivity contribution in [2.24, 2.45) is 0 Å². The van der Waals surface area contributed by atoms with E-state index in [-0.39, 0.29) is 24.6 Å². The quantitative estimate of drug-likeness (QED) is 0.666. The van der Waals surface area contributed by atoms with Crippen LogP contribution in [0.3, 0.4) is 0 Å². The van der Waals surface area contributed by atoms with Gasteiger partial charge in [0, 0.05) is 0 Å². The maximum absolute atomic E-state index is 11.1. The SMILES string of the molecule is CC(=O)CC(=O)COCc1ccccc1. The van der Waals surface area contributed by atoms with E-state index >= 15 is 0 Å². The Labute approximate surface area is 89.1 Å². The monoisotopic (exact) mass is 206 g/mol. The maximum Gasteiger partial charge on any atom is 0.165 e. The smallest absolute Gasteiger partial charge is 0.165 e. The van der Waals surface area contributed by atoms with Crippen molar-refractivity contribution in [3.05, 3.63) is 35.9 Å². The zero-order chi connectivity index (χ0) is 11.1. The van der Waals surface area contributed by atoms with Crippen LogP contribution in [0, 0.1) is 0 Å². The van der Waals surface area contributed by atoms with Crippen LogP contribution in [-0.2, 0) is 20.9 Å². The summed E-state index contributed by atoms with van der Waals surface area (Å²) in [6.07, 6.45) is -0.0329. The Morgan fingerprint density at radius 1 is 1.20 bits per heavy atom. The van der Waals surface area contributed by atoms with Gasteiger partial charge in [-0.05, 0) is 12.5 Å². The Hall–Kier alpha value is -1.48. The van der Waals surface area contributed by atoms with E-state index in [9.17, 15) is 9.59 Å². The first-order valence-corrected chi connectivity index (χ1v) is 4.81. The molecule has 3 nitrogen and oxygen atoms in total. The van der Waals surface area contributed by atoms with Crippen LogP contribution >= 0.6 is 0 Å². The third kappa shape index (κ3) is 5.08. The van der Waals surface area contributed by atoms with E-state index in [0.717, 1.165) is 5.56 Å². The summed E-state index contributed by atoms with van der Waals surface area (Å²) < 4.78 is 5.18. The van der Waals surface area contributed by atoms with Gasteiger partial charge in [0.25, 0.3) is 0 Å². The molecule has 0 saturated heterocycles. The van der Waals surface area contributed by atoms with Crippen molar-refractivity contribution in [2.45, 2.75) is 20.0 Å². The van der Waals surface area contributed by atoms with Gasteiger partial charge in [-0.3, -0.25) is 9.59 Å². The molecule has 1 aromatic rings. The highest BCUT2D eigenvalue weighted by Crippen LogP contribution is 2.00. The largest absolute Gasteiger partial charge is 0.369 e. The zero-order valence-electron chi connectivity index (χ0n) is 8.73. The first-order chi connectivity index (χ1) is 7.18. The van der Waals surface area contributed by atoms with Gasteiger partial charge < -0.3 is 4.74 Å². The molecule has 0 saturated carbocycles. The number of benzene rings is 1. The lowest BCUT2D eigenvalue weighted by Crippen LogP contribution is -2.11. The van der Waals surface area contributed by atoms with Crippen LogP contribution in [0.25, 0.3) is 0 Å². The van der Waals surface area contributed by atoms with E-state index in [4.69, 9.17) is 4.74 Å². The molecule has 15 heavy (non-hydrogen) atoms. The van der Waals surface area contributed by atoms with Gasteiger partial charge in [0.2, 0.25) is 0 Å². The van der Waals surface area contributed by atoms with Crippen molar-refractivity contribution in [1.29, 1.82) is 0 Å². The topological polar surface area (TPSA) is 43.4 Å². The summed E-state index contributed by atoms with van der Waals surface area (Å²) in [6.45, 7) is 1.81. The molecule has 0 aromatic heterocycles. The first kappa shape index (κ1) is 11.6. The van der Waals surface area contributed by atoms with Crippen molar-refractivity contribution >= 4 is 11.6 Å². The number of Topliss-reactive ketones (excluding diaryl/α,β-unsaturated/α-hetero) is 2. The predicted octanol–water partition coefficient (Wildman–Crippen LogP) is 1.75. The summed E-state index contributed by atoms with van der Waals surface area (Å²) in [5.74, 6) is -0.290. The van der Waals surface area contributed by atoms with Gasteiger partial charge in [-0.2, -0.15) is 0 Å². The average Bonchev–Trinajstić information content (AvgIpc) is 2.18. The minimum Gasteiger partial charge on any atom is -0.369 e. The molecule has 0 spiro atoms. The Bertz CT molecular complexity index is 330. The molecule has 0 aliphatic carbocycles. The molecule has 0 N–H and O–H groups in total. The normalized spacial score (nSPS) is 9.93. The van der Waals surface area contributed by atoms with E-state index in [1.807, 2.05) is 30.3 Å². The lowest BCUT2D eigenvalue weighted by molar-refractivity contribution is -0.129. The molecule has 1 aromatic carbocycles. The van der Waals surface area contributed by atoms with Gasteiger partial charge in [-0.1, -0.05) is 30.3 Å². The summed E-state index contributed by atoms with van der Waals surface area (Å²) in [5.41, 5.74) is 1.02. The van der Waals surface area contributed by atoms with Crippen molar-refractivity contribution in [1.82, 2.24) is 0 Å². The zero-order valence-corrected chi connectivity index (χ0v) is 8.73. The minimum absolute atomic E-state index is 0.00841. The van der Waals surface area contributed by atoms with Gasteiger partial charge in [-0.25, -0.2) is 0 Å². The standard InChI is InChI=1S/C12H14O3/c1-10(13)7-12(14)9-15-8-11-5-3-2-4-6-11/h2-6H,7-9H2,1H3. The molecular weight excluding hydrogens is 192 g/mol. The van der Waals surface area contributed by atoms with Gasteiger partial charge in [0.15, 0.2) is 5.78 Å². The Balaban J connectivity index is 2.22. The summed E-state index contributed by atoms with van der Waals surface area (Å²) in [7, 11) is 0.